The highest BCUT2D eigenvalue weighted by Crippen LogP contribution is 2.29. The lowest BCUT2D eigenvalue weighted by Gasteiger charge is -2.12. The molecule has 0 unspecified atom stereocenters. The van der Waals surface area contributed by atoms with Crippen LogP contribution in [0.1, 0.15) is 34.8 Å². The Labute approximate surface area is 160 Å². The summed E-state index contributed by atoms with van der Waals surface area (Å²) in [6, 6.07) is 7.45. The van der Waals surface area contributed by atoms with E-state index in [1.54, 1.807) is 25.1 Å². The number of hydrogen-bond acceptors (Lipinski definition) is 4. The molecule has 0 saturated heterocycles. The fraction of sp³-hybridized carbons (Fsp3) is 0.316. The van der Waals surface area contributed by atoms with Crippen molar-refractivity contribution in [2.45, 2.75) is 33.4 Å². The zero-order valence-electron chi connectivity index (χ0n) is 15.4. The molecule has 6 nitrogen and oxygen atoms in total. The molecule has 0 spiro atoms. The molecule has 2 heterocycles. The first-order valence-corrected chi connectivity index (χ1v) is 9.50. The third kappa shape index (κ3) is 4.16. The molecule has 3 rings (SSSR count). The molecule has 3 aromatic rings. The molecule has 0 aliphatic heterocycles. The predicted molar refractivity (Wildman–Crippen MR) is 103 cm³/mol. The van der Waals surface area contributed by atoms with Crippen molar-refractivity contribution in [2.24, 2.45) is 0 Å². The van der Waals surface area contributed by atoms with E-state index in [1.165, 1.54) is 23.5 Å². The van der Waals surface area contributed by atoms with Gasteiger partial charge in [-0.25, -0.2) is 4.39 Å². The van der Waals surface area contributed by atoms with Crippen molar-refractivity contribution in [3.05, 3.63) is 52.3 Å². The van der Waals surface area contributed by atoms with Crippen molar-refractivity contribution in [1.29, 1.82) is 0 Å². The van der Waals surface area contributed by atoms with Gasteiger partial charge in [-0.1, -0.05) is 12.1 Å². The van der Waals surface area contributed by atoms with Gasteiger partial charge in [0, 0.05) is 11.9 Å². The summed E-state index contributed by atoms with van der Waals surface area (Å²) in [5.41, 5.74) is 1.74. The number of carbonyl (C=O) groups excluding carboxylic acids is 2. The van der Waals surface area contributed by atoms with Crippen molar-refractivity contribution < 1.29 is 14.0 Å². The van der Waals surface area contributed by atoms with Gasteiger partial charge in [-0.05, 0) is 44.5 Å². The van der Waals surface area contributed by atoms with Gasteiger partial charge in [0.25, 0.3) is 5.91 Å². The van der Waals surface area contributed by atoms with Crippen molar-refractivity contribution in [1.82, 2.24) is 20.4 Å². The quantitative estimate of drug-likeness (QED) is 0.682. The van der Waals surface area contributed by atoms with E-state index in [9.17, 15) is 14.0 Å². The van der Waals surface area contributed by atoms with Crippen LogP contribution in [0.5, 0.6) is 0 Å². The molecular weight excluding hydrogens is 367 g/mol. The SMILES string of the molecule is CCNC(=O)[C@@H](C)NC(=O)c1cc2c(C)nn(Cc3ccc(F)cc3)c2s1. The van der Waals surface area contributed by atoms with E-state index in [0.717, 1.165) is 21.5 Å². The minimum atomic E-state index is -0.612. The molecular formula is C19H21FN4O2S. The molecule has 0 aliphatic carbocycles. The van der Waals surface area contributed by atoms with Gasteiger partial charge in [-0.3, -0.25) is 14.3 Å². The molecule has 2 aromatic heterocycles. The van der Waals surface area contributed by atoms with Gasteiger partial charge in [0.05, 0.1) is 17.1 Å². The van der Waals surface area contributed by atoms with Crippen LogP contribution in [-0.4, -0.2) is 34.2 Å². The van der Waals surface area contributed by atoms with E-state index < -0.39 is 6.04 Å². The first kappa shape index (κ1) is 19.0. The molecule has 2 N–H and O–H groups in total. The minimum Gasteiger partial charge on any atom is -0.355 e. The van der Waals surface area contributed by atoms with E-state index in [0.29, 0.717) is 18.0 Å². The number of aryl methyl sites for hydroxylation is 1. The molecule has 0 aliphatic rings. The Balaban J connectivity index is 1.81. The first-order chi connectivity index (χ1) is 12.9. The van der Waals surface area contributed by atoms with Crippen LogP contribution in [0, 0.1) is 12.7 Å². The number of nitrogens with zero attached hydrogens (tertiary/aromatic N) is 2. The average molecular weight is 388 g/mol. The number of halogens is 1. The maximum atomic E-state index is 13.1. The Morgan fingerprint density at radius 2 is 2.00 bits per heavy atom. The predicted octanol–water partition coefficient (Wildman–Crippen LogP) is 2.85. The second-order valence-corrected chi connectivity index (χ2v) is 7.32. The van der Waals surface area contributed by atoms with Crippen molar-refractivity contribution in [3.63, 3.8) is 0 Å². The largest absolute Gasteiger partial charge is 0.355 e. The number of fused-ring (bicyclic) bond motifs is 1. The smallest absolute Gasteiger partial charge is 0.262 e. The Morgan fingerprint density at radius 1 is 1.30 bits per heavy atom. The van der Waals surface area contributed by atoms with Crippen molar-refractivity contribution in [3.8, 4) is 0 Å². The number of aromatic nitrogens is 2. The number of likely N-dealkylation sites (N-methyl/N-ethyl adjacent to an activating group) is 1. The number of hydrogen-bond donors (Lipinski definition) is 2. The summed E-state index contributed by atoms with van der Waals surface area (Å²) in [6.45, 7) is 6.36. The van der Waals surface area contributed by atoms with Crippen LogP contribution in [0.4, 0.5) is 4.39 Å². The fourth-order valence-electron chi connectivity index (χ4n) is 2.76. The molecule has 2 amide bonds. The number of nitrogens with one attached hydrogen (secondary N) is 2. The Hall–Kier alpha value is -2.74. The van der Waals surface area contributed by atoms with Crippen LogP contribution in [0.3, 0.4) is 0 Å². The summed E-state index contributed by atoms with van der Waals surface area (Å²) in [4.78, 5) is 25.7. The summed E-state index contributed by atoms with van der Waals surface area (Å²) in [7, 11) is 0. The van der Waals surface area contributed by atoms with E-state index in [2.05, 4.69) is 15.7 Å². The molecule has 0 bridgehead atoms. The molecule has 142 valence electrons. The molecule has 0 radical (unpaired) electrons. The Kier molecular flexibility index (Phi) is 5.55. The normalized spacial score (nSPS) is 12.1. The monoisotopic (exact) mass is 388 g/mol. The first-order valence-electron chi connectivity index (χ1n) is 8.69. The Bertz CT molecular complexity index is 978. The van der Waals surface area contributed by atoms with Crippen LogP contribution in [0.2, 0.25) is 0 Å². The Morgan fingerprint density at radius 3 is 2.67 bits per heavy atom. The highest BCUT2D eigenvalue weighted by Gasteiger charge is 2.20. The van der Waals surface area contributed by atoms with E-state index in [4.69, 9.17) is 0 Å². The van der Waals surface area contributed by atoms with E-state index in [-0.39, 0.29) is 17.6 Å². The van der Waals surface area contributed by atoms with Crippen LogP contribution in [-0.2, 0) is 11.3 Å². The minimum absolute atomic E-state index is 0.217. The standard InChI is InChI=1S/C19H21FN4O2S/c1-4-21-17(25)12(3)22-18(26)16-9-15-11(2)23-24(19(15)27-16)10-13-5-7-14(20)8-6-13/h5-9,12H,4,10H2,1-3H3,(H,21,25)(H,22,26)/t12-/m1/s1. The summed E-state index contributed by atoms with van der Waals surface area (Å²) < 4.78 is 14.9. The maximum Gasteiger partial charge on any atom is 0.262 e. The number of amides is 2. The van der Waals surface area contributed by atoms with Gasteiger partial charge >= 0.3 is 0 Å². The number of carbonyl (C=O) groups is 2. The second-order valence-electron chi connectivity index (χ2n) is 6.29. The molecule has 27 heavy (non-hydrogen) atoms. The van der Waals surface area contributed by atoms with Gasteiger partial charge in [0.15, 0.2) is 0 Å². The van der Waals surface area contributed by atoms with Crippen LogP contribution >= 0.6 is 11.3 Å². The summed E-state index contributed by atoms with van der Waals surface area (Å²) in [5.74, 6) is -0.787. The van der Waals surface area contributed by atoms with Crippen LogP contribution < -0.4 is 10.6 Å². The summed E-state index contributed by atoms with van der Waals surface area (Å²) in [6.07, 6.45) is 0. The fourth-order valence-corrected chi connectivity index (χ4v) is 3.82. The van der Waals surface area contributed by atoms with Gasteiger partial charge in [-0.15, -0.1) is 11.3 Å². The lowest BCUT2D eigenvalue weighted by Crippen LogP contribution is -2.44. The van der Waals surface area contributed by atoms with Gasteiger partial charge in [-0.2, -0.15) is 5.10 Å². The van der Waals surface area contributed by atoms with Gasteiger partial charge < -0.3 is 10.6 Å². The lowest BCUT2D eigenvalue weighted by molar-refractivity contribution is -0.122. The number of thiophene rings is 1. The third-order valence-corrected chi connectivity index (χ3v) is 5.32. The number of rotatable bonds is 6. The zero-order chi connectivity index (χ0) is 19.6. The average Bonchev–Trinajstić information content (AvgIpc) is 3.19. The van der Waals surface area contributed by atoms with E-state index >= 15 is 0 Å². The van der Waals surface area contributed by atoms with Crippen molar-refractivity contribution in [2.75, 3.05) is 6.54 Å². The topological polar surface area (TPSA) is 76.0 Å². The highest BCUT2D eigenvalue weighted by atomic mass is 32.1. The summed E-state index contributed by atoms with van der Waals surface area (Å²) >= 11 is 1.32. The highest BCUT2D eigenvalue weighted by molar-refractivity contribution is 7.20. The third-order valence-electron chi connectivity index (χ3n) is 4.17. The van der Waals surface area contributed by atoms with Crippen molar-refractivity contribution >= 4 is 33.4 Å². The van der Waals surface area contributed by atoms with E-state index in [1.807, 2.05) is 18.5 Å². The van der Waals surface area contributed by atoms with Crippen LogP contribution in [0.15, 0.2) is 30.3 Å². The molecule has 0 saturated carbocycles. The molecule has 8 heteroatoms. The molecule has 0 fully saturated rings. The van der Waals surface area contributed by atoms with Gasteiger partial charge in [0.1, 0.15) is 16.7 Å². The van der Waals surface area contributed by atoms with Gasteiger partial charge in [0.2, 0.25) is 5.91 Å². The second kappa shape index (κ2) is 7.87. The van der Waals surface area contributed by atoms with Crippen LogP contribution in [0.25, 0.3) is 10.2 Å². The zero-order valence-corrected chi connectivity index (χ0v) is 16.2. The molecule has 1 atom stereocenters. The maximum absolute atomic E-state index is 13.1. The summed E-state index contributed by atoms with van der Waals surface area (Å²) in [5, 5.41) is 10.8. The number of benzene rings is 1. The molecule has 1 aromatic carbocycles. The lowest BCUT2D eigenvalue weighted by atomic mass is 10.2.